The van der Waals surface area contributed by atoms with Crippen LogP contribution in [0.4, 0.5) is 17.1 Å². The third-order valence-electron chi connectivity index (χ3n) is 8.23. The minimum absolute atomic E-state index is 1.13. The fourth-order valence-corrected chi connectivity index (χ4v) is 6.30. The van der Waals surface area contributed by atoms with E-state index in [0.29, 0.717) is 0 Å². The quantitative estimate of drug-likeness (QED) is 0.208. The molecule has 0 saturated heterocycles. The monoisotopic (exact) mass is 521 g/mol. The molecule has 0 heterocycles. The number of anilines is 3. The van der Waals surface area contributed by atoms with Crippen molar-refractivity contribution in [2.75, 3.05) is 4.90 Å². The van der Waals surface area contributed by atoms with E-state index in [4.69, 9.17) is 0 Å². The standard InChI is InChI=1S/C40H27N/c1-3-10-28(11-4-1)29-18-23-33(24-19-29)41(32-13-5-2-6-14-32)39-17-9-16-37-36(39)26-22-31-21-25-35-34-15-8-7-12-30(34)20-27-38(35)40(31)37/h1-27H. The predicted octanol–water partition coefficient (Wildman–Crippen LogP) is 11.4. The van der Waals surface area contributed by atoms with Gasteiger partial charge in [0.15, 0.2) is 0 Å². The van der Waals surface area contributed by atoms with Crippen LogP contribution in [0.1, 0.15) is 0 Å². The summed E-state index contributed by atoms with van der Waals surface area (Å²) >= 11 is 0. The Morgan fingerprint density at radius 1 is 0.293 bits per heavy atom. The SMILES string of the molecule is c1ccc(-c2ccc(N(c3ccccc3)c3cccc4c3ccc3ccc5c6ccccc6ccc5c34)cc2)cc1. The number of fused-ring (bicyclic) bond motifs is 7. The predicted molar refractivity (Wildman–Crippen MR) is 177 cm³/mol. The normalized spacial score (nSPS) is 11.4. The highest BCUT2D eigenvalue weighted by molar-refractivity contribution is 6.26. The molecule has 0 N–H and O–H groups in total. The van der Waals surface area contributed by atoms with Gasteiger partial charge in [0.1, 0.15) is 0 Å². The molecule has 0 unspecified atom stereocenters. The first-order valence-corrected chi connectivity index (χ1v) is 14.1. The maximum absolute atomic E-state index is 2.38. The molecule has 192 valence electrons. The lowest BCUT2D eigenvalue weighted by Crippen LogP contribution is -2.10. The average Bonchev–Trinajstić information content (AvgIpc) is 3.05. The van der Waals surface area contributed by atoms with E-state index >= 15 is 0 Å². The van der Waals surface area contributed by atoms with Crippen molar-refractivity contribution in [3.05, 3.63) is 164 Å². The van der Waals surface area contributed by atoms with Crippen LogP contribution in [0, 0.1) is 0 Å². The zero-order valence-corrected chi connectivity index (χ0v) is 22.5. The molecule has 41 heavy (non-hydrogen) atoms. The molecule has 0 aromatic heterocycles. The Labute approximate surface area is 239 Å². The van der Waals surface area contributed by atoms with Crippen molar-refractivity contribution in [2.45, 2.75) is 0 Å². The topological polar surface area (TPSA) is 3.24 Å². The van der Waals surface area contributed by atoms with Crippen LogP contribution in [0.5, 0.6) is 0 Å². The molecule has 0 atom stereocenters. The first kappa shape index (κ1) is 23.5. The molecule has 0 bridgehead atoms. The number of hydrogen-bond acceptors (Lipinski definition) is 1. The Balaban J connectivity index is 1.37. The molecular formula is C40H27N. The Bertz CT molecular complexity index is 2180. The molecule has 0 aliphatic carbocycles. The van der Waals surface area contributed by atoms with Crippen molar-refractivity contribution in [1.82, 2.24) is 0 Å². The molecule has 0 aliphatic heterocycles. The van der Waals surface area contributed by atoms with Crippen molar-refractivity contribution in [2.24, 2.45) is 0 Å². The second kappa shape index (κ2) is 9.66. The molecule has 1 heteroatoms. The van der Waals surface area contributed by atoms with E-state index in [1.54, 1.807) is 0 Å². The van der Waals surface area contributed by atoms with Crippen molar-refractivity contribution in [3.8, 4) is 11.1 Å². The lowest BCUT2D eigenvalue weighted by molar-refractivity contribution is 1.30. The van der Waals surface area contributed by atoms with Crippen LogP contribution < -0.4 is 4.90 Å². The number of benzene rings is 8. The minimum atomic E-state index is 1.13. The van der Waals surface area contributed by atoms with Crippen LogP contribution in [0.2, 0.25) is 0 Å². The fraction of sp³-hybridized carbons (Fsp3) is 0. The largest absolute Gasteiger partial charge is 0.310 e. The van der Waals surface area contributed by atoms with Gasteiger partial charge in [0.05, 0.1) is 5.69 Å². The van der Waals surface area contributed by atoms with E-state index in [2.05, 4.69) is 169 Å². The van der Waals surface area contributed by atoms with Crippen LogP contribution >= 0.6 is 0 Å². The van der Waals surface area contributed by atoms with E-state index in [0.717, 1.165) is 11.4 Å². The second-order valence-corrected chi connectivity index (χ2v) is 10.6. The summed E-state index contributed by atoms with van der Waals surface area (Å²) in [6, 6.07) is 59.2. The number of nitrogens with zero attached hydrogens (tertiary/aromatic N) is 1. The van der Waals surface area contributed by atoms with Gasteiger partial charge in [-0.15, -0.1) is 0 Å². The van der Waals surface area contributed by atoms with Crippen molar-refractivity contribution >= 4 is 60.2 Å². The maximum atomic E-state index is 2.38. The Hall–Kier alpha value is -5.40. The Kier molecular flexibility index (Phi) is 5.53. The summed E-state index contributed by atoms with van der Waals surface area (Å²) < 4.78 is 0. The summed E-state index contributed by atoms with van der Waals surface area (Å²) in [7, 11) is 0. The molecule has 8 aromatic carbocycles. The van der Waals surface area contributed by atoms with E-state index in [1.165, 1.54) is 59.9 Å². The van der Waals surface area contributed by atoms with Gasteiger partial charge >= 0.3 is 0 Å². The van der Waals surface area contributed by atoms with Gasteiger partial charge in [-0.1, -0.05) is 133 Å². The van der Waals surface area contributed by atoms with Gasteiger partial charge in [0.25, 0.3) is 0 Å². The van der Waals surface area contributed by atoms with Gasteiger partial charge in [-0.25, -0.2) is 0 Å². The van der Waals surface area contributed by atoms with E-state index in [9.17, 15) is 0 Å². The molecule has 0 spiro atoms. The van der Waals surface area contributed by atoms with E-state index in [-0.39, 0.29) is 0 Å². The van der Waals surface area contributed by atoms with Crippen LogP contribution in [0.15, 0.2) is 164 Å². The molecule has 0 fully saturated rings. The molecule has 8 aromatic rings. The summed E-state index contributed by atoms with van der Waals surface area (Å²) in [5.41, 5.74) is 5.87. The summed E-state index contributed by atoms with van der Waals surface area (Å²) in [6.07, 6.45) is 0. The van der Waals surface area contributed by atoms with Crippen LogP contribution in [-0.4, -0.2) is 0 Å². The molecule has 0 aliphatic rings. The first-order valence-electron chi connectivity index (χ1n) is 14.1. The van der Waals surface area contributed by atoms with Crippen LogP contribution in [-0.2, 0) is 0 Å². The van der Waals surface area contributed by atoms with Crippen LogP contribution in [0.3, 0.4) is 0 Å². The summed E-state index contributed by atoms with van der Waals surface area (Å²) in [5.74, 6) is 0. The van der Waals surface area contributed by atoms with E-state index in [1.807, 2.05) is 0 Å². The lowest BCUT2D eigenvalue weighted by Gasteiger charge is -2.27. The average molecular weight is 522 g/mol. The Morgan fingerprint density at radius 3 is 1.66 bits per heavy atom. The zero-order valence-electron chi connectivity index (χ0n) is 22.5. The Morgan fingerprint density at radius 2 is 0.854 bits per heavy atom. The number of rotatable bonds is 4. The highest BCUT2D eigenvalue weighted by Crippen LogP contribution is 2.43. The van der Waals surface area contributed by atoms with Gasteiger partial charge < -0.3 is 4.90 Å². The molecule has 0 radical (unpaired) electrons. The molecule has 0 saturated carbocycles. The highest BCUT2D eigenvalue weighted by atomic mass is 15.1. The van der Waals surface area contributed by atoms with Crippen molar-refractivity contribution < 1.29 is 0 Å². The smallest absolute Gasteiger partial charge is 0.0540 e. The summed E-state index contributed by atoms with van der Waals surface area (Å²) in [4.78, 5) is 2.38. The fourth-order valence-electron chi connectivity index (χ4n) is 6.30. The molecule has 8 rings (SSSR count). The third kappa shape index (κ3) is 3.94. The van der Waals surface area contributed by atoms with E-state index < -0.39 is 0 Å². The first-order chi connectivity index (χ1) is 20.3. The van der Waals surface area contributed by atoms with Crippen LogP contribution in [0.25, 0.3) is 54.2 Å². The summed E-state index contributed by atoms with van der Waals surface area (Å²) in [6.45, 7) is 0. The van der Waals surface area contributed by atoms with Gasteiger partial charge in [-0.2, -0.15) is 0 Å². The molecule has 1 nitrogen and oxygen atoms in total. The maximum Gasteiger partial charge on any atom is 0.0540 e. The summed E-state index contributed by atoms with van der Waals surface area (Å²) in [5, 5.41) is 10.2. The van der Waals surface area contributed by atoms with Crippen molar-refractivity contribution in [3.63, 3.8) is 0 Å². The lowest BCUT2D eigenvalue weighted by atomic mass is 9.93. The van der Waals surface area contributed by atoms with Crippen molar-refractivity contribution in [1.29, 1.82) is 0 Å². The van der Waals surface area contributed by atoms with Gasteiger partial charge in [-0.05, 0) is 79.2 Å². The molecular weight excluding hydrogens is 494 g/mol. The highest BCUT2D eigenvalue weighted by Gasteiger charge is 2.17. The van der Waals surface area contributed by atoms with Gasteiger partial charge in [0.2, 0.25) is 0 Å². The number of para-hydroxylation sites is 1. The van der Waals surface area contributed by atoms with Gasteiger partial charge in [0, 0.05) is 16.8 Å². The molecule has 0 amide bonds. The van der Waals surface area contributed by atoms with Gasteiger partial charge in [-0.3, -0.25) is 0 Å². The minimum Gasteiger partial charge on any atom is -0.310 e. The number of hydrogen-bond donors (Lipinski definition) is 0. The second-order valence-electron chi connectivity index (χ2n) is 10.6. The third-order valence-corrected chi connectivity index (χ3v) is 8.23. The zero-order chi connectivity index (χ0) is 27.2.